The largest absolute Gasteiger partial charge is 0.354 e. The summed E-state index contributed by atoms with van der Waals surface area (Å²) in [6, 6.07) is 4.13. The Labute approximate surface area is 176 Å². The lowest BCUT2D eigenvalue weighted by atomic mass is 9.78. The van der Waals surface area contributed by atoms with Crippen molar-refractivity contribution in [3.63, 3.8) is 0 Å². The van der Waals surface area contributed by atoms with Crippen LogP contribution < -0.4 is 5.32 Å². The number of rotatable bonds is 5. The van der Waals surface area contributed by atoms with Gasteiger partial charge < -0.3 is 15.2 Å². The van der Waals surface area contributed by atoms with Gasteiger partial charge in [-0.25, -0.2) is 4.98 Å². The SMILES string of the molecule is C=Nc1cncc(C2CCC2)c1C(=NCc1ccnc2[nH]ccc12)N1CCNCC1. The van der Waals surface area contributed by atoms with Gasteiger partial charge in [0.1, 0.15) is 11.5 Å². The standard InChI is InChI=1S/C23H27N7/c1-24-20-15-26-14-19(16-3-2-4-16)21(20)23(30-11-9-25-10-12-30)29-13-17-5-7-27-22-18(17)6-8-28-22/h5-8,14-16,25H,1-4,9-13H2,(H,27,28). The van der Waals surface area contributed by atoms with Crippen molar-refractivity contribution < 1.29 is 0 Å². The highest BCUT2D eigenvalue weighted by molar-refractivity contribution is 6.04. The fraction of sp³-hybridized carbons (Fsp3) is 0.391. The molecule has 7 heteroatoms. The van der Waals surface area contributed by atoms with Crippen molar-refractivity contribution in [2.75, 3.05) is 26.2 Å². The molecule has 154 valence electrons. The number of aliphatic imine (C=N–C) groups is 2. The summed E-state index contributed by atoms with van der Waals surface area (Å²) in [6.45, 7) is 8.19. The van der Waals surface area contributed by atoms with E-state index in [9.17, 15) is 0 Å². The maximum Gasteiger partial charge on any atom is 0.137 e. The normalized spacial score (nSPS) is 17.9. The fourth-order valence-corrected chi connectivity index (χ4v) is 4.39. The number of hydrogen-bond donors (Lipinski definition) is 2. The number of aromatic amines is 1. The summed E-state index contributed by atoms with van der Waals surface area (Å²) in [5, 5.41) is 4.57. The topological polar surface area (TPSA) is 81.6 Å². The average Bonchev–Trinajstić information content (AvgIpc) is 3.24. The Morgan fingerprint density at radius 1 is 1.20 bits per heavy atom. The highest BCUT2D eigenvalue weighted by Gasteiger charge is 2.28. The van der Waals surface area contributed by atoms with E-state index in [-0.39, 0.29) is 0 Å². The van der Waals surface area contributed by atoms with E-state index in [1.54, 1.807) is 0 Å². The zero-order valence-electron chi connectivity index (χ0n) is 17.1. The molecular formula is C23H27N7. The van der Waals surface area contributed by atoms with E-state index in [4.69, 9.17) is 4.99 Å². The molecule has 2 aliphatic rings. The summed E-state index contributed by atoms with van der Waals surface area (Å²) in [5.41, 5.74) is 5.29. The van der Waals surface area contributed by atoms with E-state index in [0.717, 1.165) is 54.3 Å². The van der Waals surface area contributed by atoms with Gasteiger partial charge in [-0.05, 0) is 48.7 Å². The first-order chi connectivity index (χ1) is 14.8. The van der Waals surface area contributed by atoms with Crippen molar-refractivity contribution >= 4 is 29.3 Å². The van der Waals surface area contributed by atoms with Crippen LogP contribution in [0.1, 0.15) is 41.9 Å². The van der Waals surface area contributed by atoms with E-state index in [1.165, 1.54) is 30.4 Å². The van der Waals surface area contributed by atoms with Crippen molar-refractivity contribution in [1.82, 2.24) is 25.2 Å². The van der Waals surface area contributed by atoms with Crippen LogP contribution >= 0.6 is 0 Å². The van der Waals surface area contributed by atoms with Gasteiger partial charge in [0.05, 0.1) is 18.4 Å². The second-order valence-corrected chi connectivity index (χ2v) is 8.00. The third-order valence-corrected chi connectivity index (χ3v) is 6.26. The highest BCUT2D eigenvalue weighted by Crippen LogP contribution is 2.40. The van der Waals surface area contributed by atoms with Gasteiger partial charge in [-0.2, -0.15) is 0 Å². The van der Waals surface area contributed by atoms with Crippen LogP contribution in [0.4, 0.5) is 5.69 Å². The number of nitrogens with zero attached hydrogens (tertiary/aromatic N) is 5. The Bertz CT molecular complexity index is 1070. The van der Waals surface area contributed by atoms with Gasteiger partial charge in [-0.1, -0.05) is 6.42 Å². The van der Waals surface area contributed by atoms with Crippen LogP contribution in [0.3, 0.4) is 0 Å². The van der Waals surface area contributed by atoms with Crippen LogP contribution in [0.2, 0.25) is 0 Å². The minimum atomic E-state index is 0.541. The second-order valence-electron chi connectivity index (χ2n) is 8.00. The van der Waals surface area contributed by atoms with Crippen LogP contribution in [0, 0.1) is 0 Å². The van der Waals surface area contributed by atoms with E-state index >= 15 is 0 Å². The van der Waals surface area contributed by atoms with Gasteiger partial charge in [-0.15, -0.1) is 0 Å². The molecule has 4 heterocycles. The molecule has 1 saturated heterocycles. The Hall–Kier alpha value is -3.06. The smallest absolute Gasteiger partial charge is 0.137 e. The molecule has 0 atom stereocenters. The molecule has 0 spiro atoms. The molecule has 0 unspecified atom stereocenters. The number of nitrogens with one attached hydrogen (secondary N) is 2. The Morgan fingerprint density at radius 3 is 2.83 bits per heavy atom. The van der Waals surface area contributed by atoms with Crippen LogP contribution in [-0.2, 0) is 6.54 Å². The number of piperazine rings is 1. The molecule has 0 radical (unpaired) electrons. The van der Waals surface area contributed by atoms with Gasteiger partial charge in [0.25, 0.3) is 0 Å². The lowest BCUT2D eigenvalue weighted by Gasteiger charge is -2.34. The Morgan fingerprint density at radius 2 is 2.07 bits per heavy atom. The lowest BCUT2D eigenvalue weighted by Crippen LogP contribution is -2.47. The third kappa shape index (κ3) is 3.50. The molecule has 5 rings (SSSR count). The predicted octanol–water partition coefficient (Wildman–Crippen LogP) is 3.41. The number of pyridine rings is 2. The lowest BCUT2D eigenvalue weighted by molar-refractivity contribution is 0.355. The Balaban J connectivity index is 1.60. The van der Waals surface area contributed by atoms with Crippen LogP contribution in [0.15, 0.2) is 46.9 Å². The number of amidine groups is 1. The van der Waals surface area contributed by atoms with Crippen molar-refractivity contribution in [1.29, 1.82) is 0 Å². The fourth-order valence-electron chi connectivity index (χ4n) is 4.39. The third-order valence-electron chi connectivity index (χ3n) is 6.26. The quantitative estimate of drug-likeness (QED) is 0.507. The molecule has 7 nitrogen and oxygen atoms in total. The van der Waals surface area contributed by atoms with Crippen molar-refractivity contribution in [2.24, 2.45) is 9.98 Å². The van der Waals surface area contributed by atoms with Gasteiger partial charge in [0.15, 0.2) is 0 Å². The molecule has 1 aliphatic heterocycles. The van der Waals surface area contributed by atoms with Crippen LogP contribution in [0.25, 0.3) is 11.0 Å². The molecule has 0 aromatic carbocycles. The molecule has 2 N–H and O–H groups in total. The van der Waals surface area contributed by atoms with Crippen LogP contribution in [-0.4, -0.2) is 58.6 Å². The van der Waals surface area contributed by atoms with E-state index in [2.05, 4.69) is 49.0 Å². The number of fused-ring (bicyclic) bond motifs is 1. The van der Waals surface area contributed by atoms with Crippen LogP contribution in [0.5, 0.6) is 0 Å². The zero-order chi connectivity index (χ0) is 20.3. The second kappa shape index (κ2) is 8.36. The highest BCUT2D eigenvalue weighted by atomic mass is 15.2. The van der Waals surface area contributed by atoms with Gasteiger partial charge in [0, 0.05) is 55.7 Å². The molecule has 3 aromatic rings. The number of hydrogen-bond acceptors (Lipinski definition) is 5. The first-order valence-electron chi connectivity index (χ1n) is 10.7. The molecule has 3 aromatic heterocycles. The molecular weight excluding hydrogens is 374 g/mol. The summed E-state index contributed by atoms with van der Waals surface area (Å²) >= 11 is 0. The minimum Gasteiger partial charge on any atom is -0.354 e. The summed E-state index contributed by atoms with van der Waals surface area (Å²) in [7, 11) is 0. The molecule has 30 heavy (non-hydrogen) atoms. The molecule has 2 fully saturated rings. The zero-order valence-corrected chi connectivity index (χ0v) is 17.1. The minimum absolute atomic E-state index is 0.541. The summed E-state index contributed by atoms with van der Waals surface area (Å²) in [6.07, 6.45) is 11.3. The average molecular weight is 402 g/mol. The Kier molecular flexibility index (Phi) is 5.27. The van der Waals surface area contributed by atoms with E-state index < -0.39 is 0 Å². The maximum atomic E-state index is 5.19. The van der Waals surface area contributed by atoms with Crippen molar-refractivity contribution in [3.05, 3.63) is 53.6 Å². The molecule has 0 bridgehead atoms. The molecule has 0 amide bonds. The first-order valence-corrected chi connectivity index (χ1v) is 10.7. The number of H-pyrrole nitrogens is 1. The van der Waals surface area contributed by atoms with E-state index in [0.29, 0.717) is 12.5 Å². The first kappa shape index (κ1) is 18.9. The summed E-state index contributed by atoms with van der Waals surface area (Å²) in [4.78, 5) is 24.0. The predicted molar refractivity (Wildman–Crippen MR) is 121 cm³/mol. The summed E-state index contributed by atoms with van der Waals surface area (Å²) < 4.78 is 0. The monoisotopic (exact) mass is 401 g/mol. The number of aromatic nitrogens is 3. The maximum absolute atomic E-state index is 5.19. The van der Waals surface area contributed by atoms with Crippen molar-refractivity contribution in [2.45, 2.75) is 31.7 Å². The molecule has 1 saturated carbocycles. The molecule has 1 aliphatic carbocycles. The van der Waals surface area contributed by atoms with Crippen molar-refractivity contribution in [3.8, 4) is 0 Å². The van der Waals surface area contributed by atoms with Gasteiger partial charge in [-0.3, -0.25) is 15.0 Å². The van der Waals surface area contributed by atoms with E-state index in [1.807, 2.05) is 24.8 Å². The summed E-state index contributed by atoms with van der Waals surface area (Å²) in [5.74, 6) is 1.56. The van der Waals surface area contributed by atoms with Gasteiger partial charge in [0.2, 0.25) is 0 Å². The van der Waals surface area contributed by atoms with Gasteiger partial charge >= 0.3 is 0 Å².